The first-order chi connectivity index (χ1) is 56.7. The van der Waals surface area contributed by atoms with E-state index >= 15 is 0 Å². The minimum absolute atomic E-state index is 0.000920. The van der Waals surface area contributed by atoms with Gasteiger partial charge in [0.25, 0.3) is 0 Å². The minimum atomic E-state index is -0.426. The lowest BCUT2D eigenvalue weighted by molar-refractivity contribution is -0.150. The molecule has 116 heavy (non-hydrogen) atoms. The summed E-state index contributed by atoms with van der Waals surface area (Å²) in [5.41, 5.74) is 0. The maximum atomic E-state index is 13.8. The highest BCUT2D eigenvalue weighted by Gasteiger charge is 2.34. The lowest BCUT2D eigenvalue weighted by atomic mass is 9.79. The van der Waals surface area contributed by atoms with Crippen LogP contribution in [-0.2, 0) is 38.1 Å². The summed E-state index contributed by atoms with van der Waals surface area (Å²) in [4.78, 5) is 64.1. The molecule has 2 saturated heterocycles. The highest BCUT2D eigenvalue weighted by molar-refractivity contribution is 8.00. The summed E-state index contributed by atoms with van der Waals surface area (Å²) in [6, 6.07) is 0. The summed E-state index contributed by atoms with van der Waals surface area (Å²) < 4.78 is 24.3. The first kappa shape index (κ1) is 110. The van der Waals surface area contributed by atoms with Gasteiger partial charge in [-0.3, -0.25) is 29.0 Å². The number of hydrogen-bond donors (Lipinski definition) is 2. The van der Waals surface area contributed by atoms with Gasteiger partial charge in [0.05, 0.1) is 50.5 Å². The second-order valence-corrected chi connectivity index (χ2v) is 38.2. The molecule has 2 fully saturated rings. The van der Waals surface area contributed by atoms with Crippen molar-refractivity contribution in [2.24, 2.45) is 41.4 Å². The number of esters is 4. The van der Waals surface area contributed by atoms with Crippen molar-refractivity contribution in [3.05, 3.63) is 0 Å². The van der Waals surface area contributed by atoms with Crippen LogP contribution in [0.3, 0.4) is 0 Å². The normalized spacial score (nSPS) is 16.8. The van der Waals surface area contributed by atoms with Crippen molar-refractivity contribution in [2.75, 3.05) is 111 Å². The summed E-state index contributed by atoms with van der Waals surface area (Å²) in [6.07, 6.45) is 66.6. The van der Waals surface area contributed by atoms with Gasteiger partial charge in [-0.05, 0) is 190 Å². The van der Waals surface area contributed by atoms with Crippen LogP contribution in [0.1, 0.15) is 454 Å². The summed E-state index contributed by atoms with van der Waals surface area (Å²) in [5, 5.41) is 22.8. The van der Waals surface area contributed by atoms with E-state index < -0.39 is 12.2 Å². The molecule has 10 atom stereocenters. The van der Waals surface area contributed by atoms with Gasteiger partial charge in [-0.1, -0.05) is 326 Å². The third-order valence-corrected chi connectivity index (χ3v) is 27.9. The molecule has 0 amide bonds. The molecule has 14 nitrogen and oxygen atoms in total. The van der Waals surface area contributed by atoms with E-state index in [9.17, 15) is 29.4 Å². The fourth-order valence-electron chi connectivity index (χ4n) is 18.5. The Labute approximate surface area is 723 Å². The van der Waals surface area contributed by atoms with Crippen LogP contribution in [0, 0.1) is 41.4 Å². The quantitative estimate of drug-likeness (QED) is 0.0336. The van der Waals surface area contributed by atoms with E-state index in [1.54, 1.807) is 11.8 Å². The lowest BCUT2D eigenvalue weighted by Crippen LogP contribution is -2.41. The number of carbonyl (C=O) groups excluding carboxylic acids is 4. The number of rotatable bonds is 87. The van der Waals surface area contributed by atoms with Gasteiger partial charge in [0.1, 0.15) is 5.25 Å². The first-order valence-corrected chi connectivity index (χ1v) is 52.3. The molecule has 686 valence electrons. The number of ether oxygens (including phenoxy) is 4. The van der Waals surface area contributed by atoms with Crippen LogP contribution in [0.5, 0.6) is 0 Å². The van der Waals surface area contributed by atoms with E-state index in [1.165, 1.54) is 251 Å². The fraction of sp³-hybridized carbons (Fsp3) is 0.960. The van der Waals surface area contributed by atoms with E-state index in [-0.39, 0.29) is 41.0 Å². The largest absolute Gasteiger partial charge is 0.465 e. The number of unbranched alkanes of at least 4 members (excludes halogenated alkanes) is 30. The molecule has 0 spiro atoms. The van der Waals surface area contributed by atoms with Gasteiger partial charge in [-0.2, -0.15) is 0 Å². The SMILES string of the molecule is CCCCCCCCC(CCCCCC)COC(=O)C1CC(CN(CCN2CCCC2)CC(O)CCCCCOC(=O)C(CCCCCC)CCCCCC(CC)C(CCCC)CCCC(CCCCCC)COC(=O)CCCCCN(CCN(CC)CC)CC(O)CCCCOC(=O)C(CCCCCC)CCCCCCCC)CS1. The summed E-state index contributed by atoms with van der Waals surface area (Å²) in [6.45, 7) is 36.1. The Morgan fingerprint density at radius 3 is 1.29 bits per heavy atom. The first-order valence-electron chi connectivity index (χ1n) is 51.2. The smallest absolute Gasteiger partial charge is 0.319 e. The second-order valence-electron chi connectivity index (χ2n) is 36.9. The molecule has 2 heterocycles. The maximum absolute atomic E-state index is 13.8. The molecule has 2 aliphatic rings. The number of likely N-dealkylation sites (N-methyl/N-ethyl adjacent to an activating group) is 1. The molecule has 0 aromatic carbocycles. The highest BCUT2D eigenvalue weighted by atomic mass is 32.2. The molecule has 2 aliphatic heterocycles. The van der Waals surface area contributed by atoms with Crippen molar-refractivity contribution < 1.29 is 48.3 Å². The Morgan fingerprint density at radius 2 is 0.776 bits per heavy atom. The van der Waals surface area contributed by atoms with Crippen LogP contribution in [0.4, 0.5) is 0 Å². The van der Waals surface area contributed by atoms with E-state index in [0.717, 1.165) is 199 Å². The zero-order chi connectivity index (χ0) is 84.4. The molecule has 2 N–H and O–H groups in total. The van der Waals surface area contributed by atoms with Gasteiger partial charge < -0.3 is 39.0 Å². The second kappa shape index (κ2) is 78.9. The highest BCUT2D eigenvalue weighted by Crippen LogP contribution is 2.36. The van der Waals surface area contributed by atoms with Crippen LogP contribution in [0.2, 0.25) is 0 Å². The molecule has 15 heteroatoms. The van der Waals surface area contributed by atoms with Crippen molar-refractivity contribution in [3.8, 4) is 0 Å². The Kier molecular flexibility index (Phi) is 74.9. The number of aliphatic hydroxyl groups is 2. The van der Waals surface area contributed by atoms with Crippen molar-refractivity contribution in [1.29, 1.82) is 0 Å². The van der Waals surface area contributed by atoms with Crippen LogP contribution < -0.4 is 0 Å². The molecule has 10 unspecified atom stereocenters. The van der Waals surface area contributed by atoms with Gasteiger partial charge in [-0.15, -0.1) is 11.8 Å². The lowest BCUT2D eigenvalue weighted by Gasteiger charge is -2.29. The zero-order valence-electron chi connectivity index (χ0n) is 78.6. The van der Waals surface area contributed by atoms with Gasteiger partial charge in [0.2, 0.25) is 0 Å². The molecule has 0 saturated carbocycles. The molecule has 0 aromatic rings. The topological polar surface area (TPSA) is 159 Å². The van der Waals surface area contributed by atoms with E-state index in [4.69, 9.17) is 18.9 Å². The molecule has 0 aromatic heterocycles. The van der Waals surface area contributed by atoms with Gasteiger partial charge in [-0.25, -0.2) is 0 Å². The van der Waals surface area contributed by atoms with Crippen molar-refractivity contribution >= 4 is 35.6 Å². The summed E-state index contributed by atoms with van der Waals surface area (Å²) in [7, 11) is 0. The molecular weight excluding hydrogens is 1460 g/mol. The Bertz CT molecular complexity index is 2190. The number of thioether (sulfide) groups is 1. The van der Waals surface area contributed by atoms with Gasteiger partial charge in [0.15, 0.2) is 0 Å². The van der Waals surface area contributed by atoms with Crippen molar-refractivity contribution in [2.45, 2.75) is 472 Å². The van der Waals surface area contributed by atoms with Crippen molar-refractivity contribution in [1.82, 2.24) is 19.6 Å². The van der Waals surface area contributed by atoms with Crippen LogP contribution in [-0.4, -0.2) is 182 Å². The van der Waals surface area contributed by atoms with Gasteiger partial charge in [0, 0.05) is 52.2 Å². The molecule has 2 rings (SSSR count). The molecule has 0 radical (unpaired) electrons. The maximum Gasteiger partial charge on any atom is 0.319 e. The molecular formula is C101H196N4O10S. The van der Waals surface area contributed by atoms with Crippen LogP contribution >= 0.6 is 11.8 Å². The number of hydrogen-bond acceptors (Lipinski definition) is 15. The van der Waals surface area contributed by atoms with Crippen molar-refractivity contribution in [3.63, 3.8) is 0 Å². The third kappa shape index (κ3) is 60.5. The van der Waals surface area contributed by atoms with Crippen LogP contribution in [0.15, 0.2) is 0 Å². The van der Waals surface area contributed by atoms with Crippen LogP contribution in [0.25, 0.3) is 0 Å². The number of aliphatic hydroxyl groups excluding tert-OH is 2. The standard InChI is InChI=1S/C101H196N4O10S/c1-11-21-28-34-36-43-60-88(58-41-30-23-13-3)86-115-101(111)97-81-90(87-116-97)82-105(78-76-103-72-53-54-73-103)84-96(107)69-49-40-55-79-112-99(109)94(65-45-33-26-16-6)67-48-38-47-63-91(18-8)92(62-27-17-7)68-57-61-89(59-42-31-24-14-4)85-114-98(108)71-50-39-52-74-104(77-75-102(19-9)20-10)83-95(106)70-51-56-80-113-100(110)93(64-44-32-25-15-5)66-46-37-35-29-22-12-2/h88-97,106-107H,11-87H2,1-10H3. The predicted molar refractivity (Wildman–Crippen MR) is 496 cm³/mol. The number of likely N-dealkylation sites (tertiary alicyclic amines) is 1. The van der Waals surface area contributed by atoms with E-state index in [2.05, 4.69) is 88.8 Å². The Balaban J connectivity index is 1.86. The number of nitrogens with zero attached hydrogens (tertiary/aromatic N) is 4. The van der Waals surface area contributed by atoms with E-state index in [1.807, 2.05) is 0 Å². The summed E-state index contributed by atoms with van der Waals surface area (Å²) >= 11 is 1.79. The molecule has 0 bridgehead atoms. The van der Waals surface area contributed by atoms with E-state index in [0.29, 0.717) is 76.0 Å². The third-order valence-electron chi connectivity index (χ3n) is 26.5. The number of carbonyl (C=O) groups is 4. The zero-order valence-corrected chi connectivity index (χ0v) is 79.4. The monoisotopic (exact) mass is 1660 g/mol. The molecule has 0 aliphatic carbocycles. The Morgan fingerprint density at radius 1 is 0.379 bits per heavy atom. The Hall–Kier alpha value is -2.01. The average molecular weight is 1660 g/mol. The fourth-order valence-corrected chi connectivity index (χ4v) is 19.8. The van der Waals surface area contributed by atoms with Gasteiger partial charge >= 0.3 is 23.9 Å². The summed E-state index contributed by atoms with van der Waals surface area (Å²) in [5.74, 6) is 3.65. The predicted octanol–water partition coefficient (Wildman–Crippen LogP) is 26.1. The average Bonchev–Trinajstić information content (AvgIpc) is 1.73. The minimum Gasteiger partial charge on any atom is -0.465 e.